The van der Waals surface area contributed by atoms with E-state index in [1.807, 2.05) is 0 Å². The zero-order chi connectivity index (χ0) is 17.4. The molecular formula is C16H26N4O3S. The Hall–Kier alpha value is -1.51. The maximum atomic E-state index is 12.1. The first-order chi connectivity index (χ1) is 11.5. The molecule has 1 aromatic rings. The standard InChI is InChI=1S/C16H26N4O3S/c17-11-15(13-5-2-1-3-6-13)20-16(21)8-10-19-24(22,23)14-7-4-9-18-12-14/h4,7,9,12-13,15,19H,1-3,5-6,8,10-11,17H2,(H,20,21). The molecule has 1 heterocycles. The molecule has 24 heavy (non-hydrogen) atoms. The molecule has 2 rings (SSSR count). The van der Waals surface area contributed by atoms with Crippen molar-refractivity contribution in [2.24, 2.45) is 11.7 Å². The maximum absolute atomic E-state index is 12.1. The Labute approximate surface area is 143 Å². The van der Waals surface area contributed by atoms with Crippen molar-refractivity contribution in [2.45, 2.75) is 49.5 Å². The molecule has 1 aliphatic rings. The number of rotatable bonds is 8. The summed E-state index contributed by atoms with van der Waals surface area (Å²) in [4.78, 5) is 15.9. The van der Waals surface area contributed by atoms with Gasteiger partial charge >= 0.3 is 0 Å². The zero-order valence-corrected chi connectivity index (χ0v) is 14.6. The van der Waals surface area contributed by atoms with Gasteiger partial charge in [0.05, 0.1) is 0 Å². The summed E-state index contributed by atoms with van der Waals surface area (Å²) in [5.41, 5.74) is 5.79. The van der Waals surface area contributed by atoms with Gasteiger partial charge < -0.3 is 11.1 Å². The van der Waals surface area contributed by atoms with Crippen LogP contribution in [0.1, 0.15) is 38.5 Å². The van der Waals surface area contributed by atoms with Crippen LogP contribution in [-0.2, 0) is 14.8 Å². The number of amides is 1. The molecule has 1 amide bonds. The highest BCUT2D eigenvalue weighted by Crippen LogP contribution is 2.26. The lowest BCUT2D eigenvalue weighted by Crippen LogP contribution is -2.46. The average Bonchev–Trinajstić information content (AvgIpc) is 2.61. The molecule has 0 bridgehead atoms. The number of nitrogens with zero attached hydrogens (tertiary/aromatic N) is 1. The molecule has 0 aliphatic heterocycles. The van der Waals surface area contributed by atoms with Gasteiger partial charge in [-0.25, -0.2) is 13.1 Å². The molecule has 0 saturated heterocycles. The Morgan fingerprint density at radius 1 is 1.33 bits per heavy atom. The molecule has 1 unspecified atom stereocenters. The Bertz CT molecular complexity index is 615. The first kappa shape index (κ1) is 18.8. The van der Waals surface area contributed by atoms with Crippen molar-refractivity contribution in [1.29, 1.82) is 0 Å². The lowest BCUT2D eigenvalue weighted by atomic mass is 9.84. The summed E-state index contributed by atoms with van der Waals surface area (Å²) >= 11 is 0. The number of sulfonamides is 1. The van der Waals surface area contributed by atoms with Gasteiger partial charge in [0.1, 0.15) is 4.90 Å². The van der Waals surface area contributed by atoms with E-state index in [9.17, 15) is 13.2 Å². The molecule has 0 aromatic carbocycles. The van der Waals surface area contributed by atoms with Gasteiger partial charge in [0.15, 0.2) is 0 Å². The summed E-state index contributed by atoms with van der Waals surface area (Å²) in [5, 5.41) is 2.95. The number of pyridine rings is 1. The molecule has 1 fully saturated rings. The molecular weight excluding hydrogens is 328 g/mol. The van der Waals surface area contributed by atoms with Gasteiger partial charge in [0.25, 0.3) is 0 Å². The van der Waals surface area contributed by atoms with Crippen molar-refractivity contribution in [3.05, 3.63) is 24.5 Å². The van der Waals surface area contributed by atoms with E-state index in [4.69, 9.17) is 5.73 Å². The van der Waals surface area contributed by atoms with E-state index in [2.05, 4.69) is 15.0 Å². The number of hydrogen-bond acceptors (Lipinski definition) is 5. The molecule has 4 N–H and O–H groups in total. The van der Waals surface area contributed by atoms with E-state index in [0.717, 1.165) is 12.8 Å². The second kappa shape index (κ2) is 9.10. The highest BCUT2D eigenvalue weighted by atomic mass is 32.2. The minimum absolute atomic E-state index is 0.0206. The second-order valence-corrected chi connectivity index (χ2v) is 7.91. The number of aromatic nitrogens is 1. The van der Waals surface area contributed by atoms with Crippen LogP contribution in [-0.4, -0.2) is 38.4 Å². The predicted molar refractivity (Wildman–Crippen MR) is 91.6 cm³/mol. The fourth-order valence-corrected chi connectivity index (χ4v) is 4.07. The topological polar surface area (TPSA) is 114 Å². The van der Waals surface area contributed by atoms with Crippen molar-refractivity contribution >= 4 is 15.9 Å². The van der Waals surface area contributed by atoms with Crippen molar-refractivity contribution in [3.63, 3.8) is 0 Å². The van der Waals surface area contributed by atoms with E-state index >= 15 is 0 Å². The minimum atomic E-state index is -3.63. The molecule has 134 valence electrons. The van der Waals surface area contributed by atoms with Gasteiger partial charge in [-0.2, -0.15) is 0 Å². The number of carbonyl (C=O) groups is 1. The summed E-state index contributed by atoms with van der Waals surface area (Å²) in [6.07, 6.45) is 8.66. The summed E-state index contributed by atoms with van der Waals surface area (Å²) < 4.78 is 26.5. The molecule has 1 saturated carbocycles. The molecule has 0 radical (unpaired) electrons. The summed E-state index contributed by atoms with van der Waals surface area (Å²) in [6, 6.07) is 2.99. The fraction of sp³-hybridized carbons (Fsp3) is 0.625. The van der Waals surface area contributed by atoms with Crippen molar-refractivity contribution in [3.8, 4) is 0 Å². The highest BCUT2D eigenvalue weighted by molar-refractivity contribution is 7.89. The lowest BCUT2D eigenvalue weighted by Gasteiger charge is -2.30. The van der Waals surface area contributed by atoms with Crippen LogP contribution in [0.15, 0.2) is 29.4 Å². The van der Waals surface area contributed by atoms with Gasteiger partial charge in [0, 0.05) is 37.9 Å². The van der Waals surface area contributed by atoms with Gasteiger partial charge in [-0.05, 0) is 30.9 Å². The largest absolute Gasteiger partial charge is 0.352 e. The summed E-state index contributed by atoms with van der Waals surface area (Å²) in [6.45, 7) is 0.461. The third-order valence-electron chi connectivity index (χ3n) is 4.41. The van der Waals surface area contributed by atoms with Crippen LogP contribution in [0.4, 0.5) is 0 Å². The van der Waals surface area contributed by atoms with E-state index in [1.165, 1.54) is 37.7 Å². The Kier molecular flexibility index (Phi) is 7.14. The van der Waals surface area contributed by atoms with Crippen molar-refractivity contribution in [1.82, 2.24) is 15.0 Å². The zero-order valence-electron chi connectivity index (χ0n) is 13.8. The molecule has 8 heteroatoms. The van der Waals surface area contributed by atoms with Gasteiger partial charge in [-0.3, -0.25) is 9.78 Å². The van der Waals surface area contributed by atoms with Crippen LogP contribution in [0.3, 0.4) is 0 Å². The van der Waals surface area contributed by atoms with Crippen LogP contribution in [0.25, 0.3) is 0 Å². The third kappa shape index (κ3) is 5.54. The monoisotopic (exact) mass is 354 g/mol. The number of carbonyl (C=O) groups excluding carboxylic acids is 1. The quantitative estimate of drug-likeness (QED) is 0.638. The maximum Gasteiger partial charge on any atom is 0.242 e. The van der Waals surface area contributed by atoms with Crippen LogP contribution in [0.2, 0.25) is 0 Å². The van der Waals surface area contributed by atoms with Crippen LogP contribution in [0.5, 0.6) is 0 Å². The van der Waals surface area contributed by atoms with E-state index in [-0.39, 0.29) is 29.8 Å². The SMILES string of the molecule is NCC(NC(=O)CCNS(=O)(=O)c1cccnc1)C1CCCCC1. The Balaban J connectivity index is 1.78. The third-order valence-corrected chi connectivity index (χ3v) is 5.85. The molecule has 0 spiro atoms. The van der Waals surface area contributed by atoms with Crippen molar-refractivity contribution in [2.75, 3.05) is 13.1 Å². The van der Waals surface area contributed by atoms with E-state index in [0.29, 0.717) is 12.5 Å². The van der Waals surface area contributed by atoms with E-state index < -0.39 is 10.0 Å². The first-order valence-electron chi connectivity index (χ1n) is 8.42. The number of nitrogens with two attached hydrogens (primary N) is 1. The average molecular weight is 354 g/mol. The molecule has 1 atom stereocenters. The summed E-state index contributed by atoms with van der Waals surface area (Å²) in [7, 11) is -3.63. The van der Waals surface area contributed by atoms with Gasteiger partial charge in [0.2, 0.25) is 15.9 Å². The normalized spacial score (nSPS) is 17.4. The Morgan fingerprint density at radius 3 is 2.71 bits per heavy atom. The molecule has 1 aliphatic carbocycles. The number of hydrogen-bond donors (Lipinski definition) is 3. The van der Waals surface area contributed by atoms with E-state index in [1.54, 1.807) is 6.07 Å². The predicted octanol–water partition coefficient (Wildman–Crippen LogP) is 0.774. The van der Waals surface area contributed by atoms with Gasteiger partial charge in [-0.1, -0.05) is 19.3 Å². The summed E-state index contributed by atoms with van der Waals surface area (Å²) in [5.74, 6) is 0.254. The van der Waals surface area contributed by atoms with Crippen molar-refractivity contribution < 1.29 is 13.2 Å². The molecule has 1 aromatic heterocycles. The van der Waals surface area contributed by atoms with Crippen LogP contribution in [0, 0.1) is 5.92 Å². The fourth-order valence-electron chi connectivity index (χ4n) is 3.07. The Morgan fingerprint density at radius 2 is 2.08 bits per heavy atom. The number of nitrogens with one attached hydrogen (secondary N) is 2. The minimum Gasteiger partial charge on any atom is -0.352 e. The van der Waals surface area contributed by atoms with Crippen LogP contribution < -0.4 is 15.8 Å². The first-order valence-corrected chi connectivity index (χ1v) is 9.90. The lowest BCUT2D eigenvalue weighted by molar-refractivity contribution is -0.122. The molecule has 7 nitrogen and oxygen atoms in total. The highest BCUT2D eigenvalue weighted by Gasteiger charge is 2.24. The van der Waals surface area contributed by atoms with Crippen LogP contribution >= 0.6 is 0 Å². The smallest absolute Gasteiger partial charge is 0.242 e. The van der Waals surface area contributed by atoms with Gasteiger partial charge in [-0.15, -0.1) is 0 Å². The second-order valence-electron chi connectivity index (χ2n) is 6.14.